The van der Waals surface area contributed by atoms with Crippen molar-refractivity contribution < 1.29 is 9.53 Å². The number of rotatable bonds is 4. The van der Waals surface area contributed by atoms with E-state index in [4.69, 9.17) is 4.74 Å². The Morgan fingerprint density at radius 2 is 2.17 bits per heavy atom. The Morgan fingerprint density at radius 1 is 1.38 bits per heavy atom. The van der Waals surface area contributed by atoms with E-state index in [0.717, 1.165) is 36.5 Å². The van der Waals surface area contributed by atoms with Crippen LogP contribution in [0.5, 0.6) is 5.88 Å². The third kappa shape index (κ3) is 3.73. The number of hydrogen-bond acceptors (Lipinski definition) is 6. The smallest absolute Gasteiger partial charge is 0.223 e. The number of aromatic nitrogens is 2. The van der Waals surface area contributed by atoms with Gasteiger partial charge in [-0.15, -0.1) is 11.3 Å². The predicted octanol–water partition coefficient (Wildman–Crippen LogP) is 2.67. The molecule has 2 aromatic rings. The summed E-state index contributed by atoms with van der Waals surface area (Å²) < 4.78 is 5.23. The van der Waals surface area contributed by atoms with E-state index in [0.29, 0.717) is 11.0 Å². The van der Waals surface area contributed by atoms with Gasteiger partial charge in [-0.2, -0.15) is 0 Å². The second kappa shape index (κ2) is 7.27. The number of hydrogen-bond donors (Lipinski definition) is 1. The third-order valence-electron chi connectivity index (χ3n) is 4.32. The summed E-state index contributed by atoms with van der Waals surface area (Å²) in [5.74, 6) is 0.589. The fourth-order valence-electron chi connectivity index (χ4n) is 2.95. The average molecular weight is 346 g/mol. The largest absolute Gasteiger partial charge is 0.481 e. The molecule has 1 amide bonds. The van der Waals surface area contributed by atoms with Crippen molar-refractivity contribution in [2.24, 2.45) is 0 Å². The lowest BCUT2D eigenvalue weighted by Gasteiger charge is -2.26. The molecule has 1 atom stereocenters. The van der Waals surface area contributed by atoms with Crippen molar-refractivity contribution in [3.8, 4) is 5.88 Å². The number of nitrogens with one attached hydrogen (secondary N) is 1. The molecule has 6 nitrogen and oxygen atoms in total. The molecule has 1 N–H and O–H groups in total. The van der Waals surface area contributed by atoms with Crippen molar-refractivity contribution in [1.29, 1.82) is 0 Å². The quantitative estimate of drug-likeness (QED) is 0.922. The van der Waals surface area contributed by atoms with Crippen LogP contribution in [-0.2, 0) is 17.6 Å². The van der Waals surface area contributed by atoms with Crippen molar-refractivity contribution >= 4 is 22.4 Å². The summed E-state index contributed by atoms with van der Waals surface area (Å²) in [5.41, 5.74) is 2.43. The van der Waals surface area contributed by atoms with Gasteiger partial charge in [0.1, 0.15) is 0 Å². The Kier molecular flexibility index (Phi) is 5.11. The number of anilines is 1. The van der Waals surface area contributed by atoms with Gasteiger partial charge < -0.3 is 10.1 Å². The molecule has 0 spiro atoms. The van der Waals surface area contributed by atoms with E-state index in [2.05, 4.69) is 33.2 Å². The Balaban J connectivity index is 1.70. The van der Waals surface area contributed by atoms with Crippen LogP contribution in [0.2, 0.25) is 0 Å². The van der Waals surface area contributed by atoms with Crippen molar-refractivity contribution in [1.82, 2.24) is 14.9 Å². The van der Waals surface area contributed by atoms with Gasteiger partial charge in [0.25, 0.3) is 0 Å². The van der Waals surface area contributed by atoms with Crippen molar-refractivity contribution in [2.75, 3.05) is 25.5 Å². The Bertz CT molecular complexity index is 731. The summed E-state index contributed by atoms with van der Waals surface area (Å²) in [6.45, 7) is 5.62. The lowest BCUT2D eigenvalue weighted by atomic mass is 10.1. The first-order chi connectivity index (χ1) is 11.6. The van der Waals surface area contributed by atoms with Gasteiger partial charge in [0.2, 0.25) is 11.8 Å². The highest BCUT2D eigenvalue weighted by molar-refractivity contribution is 7.15. The highest BCUT2D eigenvalue weighted by atomic mass is 32.1. The Morgan fingerprint density at radius 3 is 2.92 bits per heavy atom. The maximum atomic E-state index is 11.1. The van der Waals surface area contributed by atoms with E-state index in [1.807, 2.05) is 12.3 Å². The van der Waals surface area contributed by atoms with E-state index in [1.165, 1.54) is 23.8 Å². The predicted molar refractivity (Wildman–Crippen MR) is 94.6 cm³/mol. The first kappa shape index (κ1) is 16.9. The molecule has 2 aromatic heterocycles. The van der Waals surface area contributed by atoms with Crippen LogP contribution < -0.4 is 10.1 Å². The third-order valence-corrected chi connectivity index (χ3v) is 5.41. The van der Waals surface area contributed by atoms with Crippen LogP contribution in [-0.4, -0.2) is 41.0 Å². The number of ether oxygens (including phenoxy) is 1. The standard InChI is InChI=1S/C17H22N4O2S/c1-11(15-10-18-17(24-15)19-12(2)22)21-8-6-13-4-5-16(23-3)20-14(13)7-9-21/h4-5,10-11H,6-9H2,1-3H3,(H,18,19,22). The summed E-state index contributed by atoms with van der Waals surface area (Å²) in [7, 11) is 1.65. The molecule has 1 aliphatic heterocycles. The molecule has 3 heterocycles. The highest BCUT2D eigenvalue weighted by Gasteiger charge is 2.22. The zero-order valence-electron chi connectivity index (χ0n) is 14.2. The normalized spacial score (nSPS) is 16.1. The fraction of sp³-hybridized carbons (Fsp3) is 0.471. The zero-order valence-corrected chi connectivity index (χ0v) is 15.0. The second-order valence-electron chi connectivity index (χ2n) is 5.92. The van der Waals surface area contributed by atoms with Crippen LogP contribution in [0.3, 0.4) is 0 Å². The molecule has 1 aliphatic rings. The van der Waals surface area contributed by atoms with Gasteiger partial charge in [0, 0.05) is 55.3 Å². The molecular formula is C17H22N4O2S. The van der Waals surface area contributed by atoms with Crippen molar-refractivity contribution in [3.63, 3.8) is 0 Å². The van der Waals surface area contributed by atoms with Gasteiger partial charge in [0.15, 0.2) is 5.13 Å². The lowest BCUT2D eigenvalue weighted by molar-refractivity contribution is -0.114. The average Bonchev–Trinajstić information content (AvgIpc) is 2.91. The zero-order chi connectivity index (χ0) is 17.1. The van der Waals surface area contributed by atoms with E-state index in [1.54, 1.807) is 7.11 Å². The SMILES string of the molecule is COc1ccc2c(n1)CCN(C(C)c1cnc(NC(C)=O)s1)CC2. The van der Waals surface area contributed by atoms with E-state index < -0.39 is 0 Å². The molecule has 24 heavy (non-hydrogen) atoms. The second-order valence-corrected chi connectivity index (χ2v) is 6.98. The number of carbonyl (C=O) groups is 1. The first-order valence-corrected chi connectivity index (χ1v) is 8.88. The first-order valence-electron chi connectivity index (χ1n) is 8.07. The summed E-state index contributed by atoms with van der Waals surface area (Å²) in [4.78, 5) is 23.6. The van der Waals surface area contributed by atoms with Crippen molar-refractivity contribution in [3.05, 3.63) is 34.5 Å². The summed E-state index contributed by atoms with van der Waals surface area (Å²) in [6.07, 6.45) is 3.75. The molecule has 1 unspecified atom stereocenters. The molecule has 7 heteroatoms. The molecule has 3 rings (SSSR count). The van der Waals surface area contributed by atoms with E-state index >= 15 is 0 Å². The number of methoxy groups -OCH3 is 1. The van der Waals surface area contributed by atoms with Crippen LogP contribution in [0.15, 0.2) is 18.3 Å². The fourth-order valence-corrected chi connectivity index (χ4v) is 3.90. The number of pyridine rings is 1. The molecule has 0 bridgehead atoms. The van der Waals surface area contributed by atoms with Crippen LogP contribution in [0, 0.1) is 0 Å². The lowest BCUT2D eigenvalue weighted by Crippen LogP contribution is -2.29. The number of amides is 1. The molecular weight excluding hydrogens is 324 g/mol. The maximum absolute atomic E-state index is 11.1. The molecule has 0 aromatic carbocycles. The number of nitrogens with zero attached hydrogens (tertiary/aromatic N) is 3. The summed E-state index contributed by atoms with van der Waals surface area (Å²) >= 11 is 1.54. The van der Waals surface area contributed by atoms with Crippen molar-refractivity contribution in [2.45, 2.75) is 32.7 Å². The molecule has 0 saturated carbocycles. The van der Waals surface area contributed by atoms with Crippen LogP contribution >= 0.6 is 11.3 Å². The summed E-state index contributed by atoms with van der Waals surface area (Å²) in [6, 6.07) is 4.32. The van der Waals surface area contributed by atoms with Gasteiger partial charge >= 0.3 is 0 Å². The van der Waals surface area contributed by atoms with Crippen LogP contribution in [0.25, 0.3) is 0 Å². The molecule has 0 aliphatic carbocycles. The van der Waals surface area contributed by atoms with Gasteiger partial charge in [0.05, 0.1) is 7.11 Å². The molecule has 0 radical (unpaired) electrons. The Hall–Kier alpha value is -1.99. The topological polar surface area (TPSA) is 67.3 Å². The molecule has 128 valence electrons. The minimum atomic E-state index is -0.0891. The number of fused-ring (bicyclic) bond motifs is 1. The van der Waals surface area contributed by atoms with Gasteiger partial charge in [-0.05, 0) is 18.9 Å². The van der Waals surface area contributed by atoms with Crippen LogP contribution in [0.1, 0.15) is 36.0 Å². The van der Waals surface area contributed by atoms with Gasteiger partial charge in [-0.1, -0.05) is 6.07 Å². The van der Waals surface area contributed by atoms with E-state index in [-0.39, 0.29) is 11.9 Å². The monoisotopic (exact) mass is 346 g/mol. The Labute approximate surface area is 145 Å². The highest BCUT2D eigenvalue weighted by Crippen LogP contribution is 2.30. The number of thiazole rings is 1. The van der Waals surface area contributed by atoms with Crippen LogP contribution in [0.4, 0.5) is 5.13 Å². The number of carbonyl (C=O) groups excluding carboxylic acids is 1. The van der Waals surface area contributed by atoms with Gasteiger partial charge in [-0.25, -0.2) is 9.97 Å². The molecule has 0 saturated heterocycles. The van der Waals surface area contributed by atoms with Gasteiger partial charge in [-0.3, -0.25) is 9.69 Å². The summed E-state index contributed by atoms with van der Waals surface area (Å²) in [5, 5.41) is 3.41. The maximum Gasteiger partial charge on any atom is 0.223 e. The minimum absolute atomic E-state index is 0.0891. The van der Waals surface area contributed by atoms with E-state index in [9.17, 15) is 4.79 Å². The minimum Gasteiger partial charge on any atom is -0.481 e. The molecule has 0 fully saturated rings.